The van der Waals surface area contributed by atoms with E-state index in [1.165, 1.54) is 11.3 Å². The normalized spacial score (nSPS) is 17.6. The third-order valence-corrected chi connectivity index (χ3v) is 4.88. The molecule has 1 aliphatic rings. The van der Waals surface area contributed by atoms with E-state index in [4.69, 9.17) is 0 Å². The first-order chi connectivity index (χ1) is 11.8. The number of aromatic nitrogens is 2. The van der Waals surface area contributed by atoms with E-state index in [1.54, 1.807) is 0 Å². The summed E-state index contributed by atoms with van der Waals surface area (Å²) in [5, 5.41) is 17.6. The quantitative estimate of drug-likeness (QED) is 0.888. The number of aliphatic hydroxyl groups excluding tert-OH is 1. The summed E-state index contributed by atoms with van der Waals surface area (Å²) in [5.41, 5.74) is 3.52. The predicted molar refractivity (Wildman–Crippen MR) is 103 cm³/mol. The first-order valence-corrected chi connectivity index (χ1v) is 9.17. The maximum Gasteiger partial charge on any atom is 0.0731 e. The Kier molecular flexibility index (Phi) is 5.04. The highest BCUT2D eigenvalue weighted by Crippen LogP contribution is 2.25. The van der Waals surface area contributed by atoms with Crippen LogP contribution in [0.3, 0.4) is 0 Å². The fourth-order valence-corrected chi connectivity index (χ4v) is 3.20. The summed E-state index contributed by atoms with van der Waals surface area (Å²) in [4.78, 5) is 2.35. The first-order valence-electron chi connectivity index (χ1n) is 9.17. The molecular weight excluding hydrogens is 312 g/mol. The number of benzene rings is 1. The third-order valence-electron chi connectivity index (χ3n) is 4.88. The smallest absolute Gasteiger partial charge is 0.0731 e. The molecule has 0 aliphatic carbocycles. The molecule has 1 aromatic carbocycles. The van der Waals surface area contributed by atoms with Crippen molar-refractivity contribution in [3.63, 3.8) is 0 Å². The molecule has 1 saturated heterocycles. The lowest BCUT2D eigenvalue weighted by Gasteiger charge is -2.31. The van der Waals surface area contributed by atoms with Crippen molar-refractivity contribution in [2.75, 3.05) is 23.3 Å². The molecule has 25 heavy (non-hydrogen) atoms. The molecule has 0 radical (unpaired) electrons. The maximum absolute atomic E-state index is 9.64. The van der Waals surface area contributed by atoms with Gasteiger partial charge in [-0.05, 0) is 58.2 Å². The summed E-state index contributed by atoms with van der Waals surface area (Å²) in [6, 6.07) is 8.96. The summed E-state index contributed by atoms with van der Waals surface area (Å²) in [6.45, 7) is 10.5. The maximum atomic E-state index is 9.64. The molecule has 1 atom stereocenters. The van der Waals surface area contributed by atoms with Crippen LogP contribution in [0.2, 0.25) is 0 Å². The Morgan fingerprint density at radius 3 is 2.36 bits per heavy atom. The van der Waals surface area contributed by atoms with Gasteiger partial charge in [0.15, 0.2) is 0 Å². The van der Waals surface area contributed by atoms with Gasteiger partial charge >= 0.3 is 0 Å². The van der Waals surface area contributed by atoms with Gasteiger partial charge in [-0.2, -0.15) is 5.10 Å². The van der Waals surface area contributed by atoms with E-state index >= 15 is 0 Å². The van der Waals surface area contributed by atoms with Gasteiger partial charge in [0.25, 0.3) is 0 Å². The van der Waals surface area contributed by atoms with E-state index in [2.05, 4.69) is 73.5 Å². The highest BCUT2D eigenvalue weighted by molar-refractivity contribution is 5.50. The molecule has 1 aliphatic heterocycles. The topological polar surface area (TPSA) is 53.3 Å². The summed E-state index contributed by atoms with van der Waals surface area (Å²) >= 11 is 0. The summed E-state index contributed by atoms with van der Waals surface area (Å²) < 4.78 is 1.98. The summed E-state index contributed by atoms with van der Waals surface area (Å²) in [7, 11) is 0. The monoisotopic (exact) mass is 342 g/mol. The van der Waals surface area contributed by atoms with Crippen molar-refractivity contribution < 1.29 is 5.11 Å². The molecule has 1 aromatic heterocycles. The molecule has 5 nitrogen and oxygen atoms in total. The number of hydrogen-bond acceptors (Lipinski definition) is 4. The average Bonchev–Trinajstić information content (AvgIpc) is 3.04. The lowest BCUT2D eigenvalue weighted by Crippen LogP contribution is -2.35. The van der Waals surface area contributed by atoms with E-state index in [9.17, 15) is 5.11 Å². The van der Waals surface area contributed by atoms with Crippen LogP contribution < -0.4 is 10.2 Å². The molecule has 2 aromatic rings. The highest BCUT2D eigenvalue weighted by atomic mass is 16.3. The largest absolute Gasteiger partial charge is 0.393 e. The third kappa shape index (κ3) is 4.34. The average molecular weight is 342 g/mol. The van der Waals surface area contributed by atoms with Crippen LogP contribution in [0, 0.1) is 0 Å². The number of aliphatic hydroxyl groups is 1. The van der Waals surface area contributed by atoms with Crippen LogP contribution in [-0.2, 0) is 5.54 Å². The van der Waals surface area contributed by atoms with Crippen molar-refractivity contribution in [2.24, 2.45) is 0 Å². The first kappa shape index (κ1) is 17.8. The van der Waals surface area contributed by atoms with Gasteiger partial charge in [0.2, 0.25) is 0 Å². The lowest BCUT2D eigenvalue weighted by atomic mass is 10.0. The summed E-state index contributed by atoms with van der Waals surface area (Å²) in [6.07, 6.45) is 5.53. The van der Waals surface area contributed by atoms with Crippen LogP contribution in [0.25, 0.3) is 0 Å². The number of rotatable bonds is 4. The number of nitrogens with zero attached hydrogens (tertiary/aromatic N) is 3. The van der Waals surface area contributed by atoms with Crippen molar-refractivity contribution in [2.45, 2.75) is 58.2 Å². The molecule has 0 saturated carbocycles. The Hall–Kier alpha value is -2.01. The SMILES string of the molecule is CC(Nc1cnn(C(C)(C)C)c1)c1ccc(N2CCC(O)CC2)cc1. The molecule has 0 spiro atoms. The minimum atomic E-state index is -0.131. The van der Waals surface area contributed by atoms with Gasteiger partial charge in [-0.1, -0.05) is 12.1 Å². The highest BCUT2D eigenvalue weighted by Gasteiger charge is 2.18. The Balaban J connectivity index is 1.62. The van der Waals surface area contributed by atoms with Crippen molar-refractivity contribution in [3.05, 3.63) is 42.2 Å². The molecular formula is C20H30N4O. The van der Waals surface area contributed by atoms with Crippen molar-refractivity contribution in [1.82, 2.24) is 9.78 Å². The van der Waals surface area contributed by atoms with Gasteiger partial charge in [-0.3, -0.25) is 4.68 Å². The summed E-state index contributed by atoms with van der Waals surface area (Å²) in [5.74, 6) is 0. The molecule has 2 heterocycles. The van der Waals surface area contributed by atoms with Gasteiger partial charge < -0.3 is 15.3 Å². The van der Waals surface area contributed by atoms with Gasteiger partial charge in [0.1, 0.15) is 0 Å². The van der Waals surface area contributed by atoms with E-state index in [0.29, 0.717) is 0 Å². The molecule has 5 heteroatoms. The Morgan fingerprint density at radius 1 is 1.16 bits per heavy atom. The van der Waals surface area contributed by atoms with Crippen LogP contribution in [0.4, 0.5) is 11.4 Å². The van der Waals surface area contributed by atoms with Crippen molar-refractivity contribution in [1.29, 1.82) is 0 Å². The van der Waals surface area contributed by atoms with E-state index < -0.39 is 0 Å². The van der Waals surface area contributed by atoms with E-state index in [-0.39, 0.29) is 17.7 Å². The van der Waals surface area contributed by atoms with Gasteiger partial charge in [-0.25, -0.2) is 0 Å². The van der Waals surface area contributed by atoms with E-state index in [0.717, 1.165) is 31.6 Å². The lowest BCUT2D eigenvalue weighted by molar-refractivity contribution is 0.145. The van der Waals surface area contributed by atoms with Crippen LogP contribution >= 0.6 is 0 Å². The van der Waals surface area contributed by atoms with Crippen molar-refractivity contribution in [3.8, 4) is 0 Å². The van der Waals surface area contributed by atoms with Crippen LogP contribution in [0.15, 0.2) is 36.7 Å². The molecule has 3 rings (SSSR count). The second-order valence-corrected chi connectivity index (χ2v) is 8.02. The molecule has 136 valence electrons. The molecule has 2 N–H and O–H groups in total. The van der Waals surface area contributed by atoms with Crippen LogP contribution in [0.5, 0.6) is 0 Å². The Bertz CT molecular complexity index is 678. The van der Waals surface area contributed by atoms with Gasteiger partial charge in [-0.15, -0.1) is 0 Å². The zero-order valence-electron chi connectivity index (χ0n) is 15.7. The fraction of sp³-hybridized carbons (Fsp3) is 0.550. The number of hydrogen-bond donors (Lipinski definition) is 2. The fourth-order valence-electron chi connectivity index (χ4n) is 3.20. The minimum Gasteiger partial charge on any atom is -0.393 e. The number of anilines is 2. The van der Waals surface area contributed by atoms with Crippen LogP contribution in [0.1, 0.15) is 52.1 Å². The zero-order valence-corrected chi connectivity index (χ0v) is 15.7. The molecule has 0 amide bonds. The Morgan fingerprint density at radius 2 is 1.80 bits per heavy atom. The van der Waals surface area contributed by atoms with Gasteiger partial charge in [0.05, 0.1) is 23.5 Å². The second kappa shape index (κ2) is 7.08. The van der Waals surface area contributed by atoms with Gasteiger partial charge in [0, 0.05) is 31.0 Å². The Labute approximate surface area is 150 Å². The molecule has 1 unspecified atom stereocenters. The minimum absolute atomic E-state index is 0.00711. The molecule has 1 fully saturated rings. The molecule has 0 bridgehead atoms. The zero-order chi connectivity index (χ0) is 18.0. The second-order valence-electron chi connectivity index (χ2n) is 8.02. The number of piperidine rings is 1. The van der Waals surface area contributed by atoms with E-state index in [1.807, 2.05) is 10.9 Å². The van der Waals surface area contributed by atoms with Crippen molar-refractivity contribution >= 4 is 11.4 Å². The van der Waals surface area contributed by atoms with Crippen LogP contribution in [-0.4, -0.2) is 34.1 Å². The standard InChI is InChI=1S/C20H30N4O/c1-15(22-17-13-21-24(14-17)20(2,3)4)16-5-7-18(8-6-16)23-11-9-19(25)10-12-23/h5-8,13-15,19,22,25H,9-12H2,1-4H3. The predicted octanol–water partition coefficient (Wildman–Crippen LogP) is 3.77. The number of nitrogens with one attached hydrogen (secondary N) is 1.